The highest BCUT2D eigenvalue weighted by Gasteiger charge is 2.08. The molecule has 0 radical (unpaired) electrons. The molecule has 0 saturated carbocycles. The third-order valence-electron chi connectivity index (χ3n) is 3.75. The van der Waals surface area contributed by atoms with Crippen molar-refractivity contribution in [2.75, 3.05) is 5.32 Å². The minimum absolute atomic E-state index is 0.259. The summed E-state index contributed by atoms with van der Waals surface area (Å²) in [6, 6.07) is 11.7. The van der Waals surface area contributed by atoms with Gasteiger partial charge in [-0.1, -0.05) is 25.1 Å². The molecular formula is C19H19N5O. The summed E-state index contributed by atoms with van der Waals surface area (Å²) in [7, 11) is 0. The molecule has 6 heteroatoms. The van der Waals surface area contributed by atoms with Crippen LogP contribution in [0.15, 0.2) is 61.2 Å². The van der Waals surface area contributed by atoms with Crippen molar-refractivity contribution in [3.05, 3.63) is 78.0 Å². The summed E-state index contributed by atoms with van der Waals surface area (Å²) in [6.45, 7) is 2.52. The molecule has 2 N–H and O–H groups in total. The number of carbonyl (C=O) groups excluding carboxylic acids is 1. The summed E-state index contributed by atoms with van der Waals surface area (Å²) in [5, 5.41) is 6.05. The van der Waals surface area contributed by atoms with E-state index in [-0.39, 0.29) is 11.6 Å². The number of amides is 1. The highest BCUT2D eigenvalue weighted by Crippen LogP contribution is 2.19. The van der Waals surface area contributed by atoms with E-state index >= 15 is 0 Å². The van der Waals surface area contributed by atoms with Crippen molar-refractivity contribution in [3.63, 3.8) is 0 Å². The molecule has 126 valence electrons. The molecular weight excluding hydrogens is 314 g/mol. The molecule has 0 aliphatic carbocycles. The van der Waals surface area contributed by atoms with Crippen molar-refractivity contribution in [3.8, 4) is 0 Å². The molecule has 1 aromatic carbocycles. The number of anilines is 2. The Balaban J connectivity index is 1.62. The second-order valence-corrected chi connectivity index (χ2v) is 5.46. The minimum Gasteiger partial charge on any atom is -0.347 e. The SMILES string of the molecule is CCc1ccccc1Nc1cnc(C(=O)NCc2ccncc2)cn1. The molecule has 0 unspecified atom stereocenters. The van der Waals surface area contributed by atoms with Crippen LogP contribution in [0, 0.1) is 0 Å². The summed E-state index contributed by atoms with van der Waals surface area (Å²) in [6.07, 6.45) is 7.34. The maximum absolute atomic E-state index is 12.1. The molecule has 2 heterocycles. The van der Waals surface area contributed by atoms with E-state index in [1.165, 1.54) is 11.8 Å². The normalized spacial score (nSPS) is 10.3. The van der Waals surface area contributed by atoms with Gasteiger partial charge in [0.1, 0.15) is 11.5 Å². The molecule has 2 aromatic heterocycles. The van der Waals surface area contributed by atoms with Gasteiger partial charge in [-0.2, -0.15) is 0 Å². The number of para-hydroxylation sites is 1. The van der Waals surface area contributed by atoms with E-state index in [0.717, 1.165) is 17.7 Å². The first-order valence-electron chi connectivity index (χ1n) is 8.10. The van der Waals surface area contributed by atoms with Crippen molar-refractivity contribution in [2.24, 2.45) is 0 Å². The summed E-state index contributed by atoms with van der Waals surface area (Å²) in [5.74, 6) is 0.344. The third-order valence-corrected chi connectivity index (χ3v) is 3.75. The summed E-state index contributed by atoms with van der Waals surface area (Å²) in [4.78, 5) is 24.6. The van der Waals surface area contributed by atoms with Gasteiger partial charge in [0.15, 0.2) is 0 Å². The van der Waals surface area contributed by atoms with Gasteiger partial charge in [-0.3, -0.25) is 9.78 Å². The number of hydrogen-bond donors (Lipinski definition) is 2. The maximum atomic E-state index is 12.1. The first-order valence-corrected chi connectivity index (χ1v) is 8.10. The molecule has 3 aromatic rings. The number of hydrogen-bond acceptors (Lipinski definition) is 5. The second-order valence-electron chi connectivity index (χ2n) is 5.46. The van der Waals surface area contributed by atoms with Gasteiger partial charge in [-0.05, 0) is 35.7 Å². The second kappa shape index (κ2) is 8.01. The Labute approximate surface area is 146 Å². The first-order chi connectivity index (χ1) is 12.3. The van der Waals surface area contributed by atoms with Crippen LogP contribution in [0.25, 0.3) is 0 Å². The zero-order valence-electron chi connectivity index (χ0n) is 13.9. The van der Waals surface area contributed by atoms with Crippen LogP contribution in [0.2, 0.25) is 0 Å². The lowest BCUT2D eigenvalue weighted by atomic mass is 10.1. The van der Waals surface area contributed by atoms with Gasteiger partial charge in [-0.15, -0.1) is 0 Å². The van der Waals surface area contributed by atoms with Crippen molar-refractivity contribution >= 4 is 17.4 Å². The molecule has 0 saturated heterocycles. The Bertz CT molecular complexity index is 834. The Kier molecular flexibility index (Phi) is 5.31. The minimum atomic E-state index is -0.259. The van der Waals surface area contributed by atoms with E-state index in [2.05, 4.69) is 38.6 Å². The smallest absolute Gasteiger partial charge is 0.271 e. The molecule has 0 atom stereocenters. The van der Waals surface area contributed by atoms with Crippen LogP contribution in [-0.2, 0) is 13.0 Å². The fourth-order valence-corrected chi connectivity index (χ4v) is 2.37. The summed E-state index contributed by atoms with van der Waals surface area (Å²) < 4.78 is 0. The van der Waals surface area contributed by atoms with Gasteiger partial charge in [0, 0.05) is 24.6 Å². The van der Waals surface area contributed by atoms with Crippen molar-refractivity contribution in [1.82, 2.24) is 20.3 Å². The first kappa shape index (κ1) is 16.6. The van der Waals surface area contributed by atoms with Gasteiger partial charge in [-0.25, -0.2) is 9.97 Å². The number of aryl methyl sites for hydroxylation is 1. The van der Waals surface area contributed by atoms with Gasteiger partial charge in [0.2, 0.25) is 0 Å². The number of benzene rings is 1. The highest BCUT2D eigenvalue weighted by atomic mass is 16.1. The quantitative estimate of drug-likeness (QED) is 0.724. The predicted octanol–water partition coefficient (Wildman–Crippen LogP) is 3.11. The fraction of sp³-hybridized carbons (Fsp3) is 0.158. The zero-order valence-corrected chi connectivity index (χ0v) is 13.9. The Hall–Kier alpha value is -3.28. The van der Waals surface area contributed by atoms with Crippen molar-refractivity contribution in [1.29, 1.82) is 0 Å². The van der Waals surface area contributed by atoms with Crippen LogP contribution in [0.1, 0.15) is 28.5 Å². The highest BCUT2D eigenvalue weighted by molar-refractivity contribution is 5.92. The number of aromatic nitrogens is 3. The van der Waals surface area contributed by atoms with Gasteiger partial charge < -0.3 is 10.6 Å². The molecule has 0 spiro atoms. The molecule has 0 fully saturated rings. The van der Waals surface area contributed by atoms with Crippen LogP contribution in [-0.4, -0.2) is 20.9 Å². The Morgan fingerprint density at radius 1 is 1.04 bits per heavy atom. The van der Waals surface area contributed by atoms with Crippen LogP contribution in [0.5, 0.6) is 0 Å². The van der Waals surface area contributed by atoms with E-state index in [9.17, 15) is 4.79 Å². The largest absolute Gasteiger partial charge is 0.347 e. The predicted molar refractivity (Wildman–Crippen MR) is 96.5 cm³/mol. The Morgan fingerprint density at radius 3 is 2.56 bits per heavy atom. The zero-order chi connectivity index (χ0) is 17.5. The lowest BCUT2D eigenvalue weighted by molar-refractivity contribution is 0.0945. The monoisotopic (exact) mass is 333 g/mol. The van der Waals surface area contributed by atoms with Crippen LogP contribution < -0.4 is 10.6 Å². The maximum Gasteiger partial charge on any atom is 0.271 e. The van der Waals surface area contributed by atoms with Gasteiger partial charge >= 0.3 is 0 Å². The molecule has 3 rings (SSSR count). The van der Waals surface area contributed by atoms with Crippen LogP contribution in [0.3, 0.4) is 0 Å². The van der Waals surface area contributed by atoms with Gasteiger partial charge in [0.25, 0.3) is 5.91 Å². The van der Waals surface area contributed by atoms with Crippen LogP contribution in [0.4, 0.5) is 11.5 Å². The lowest BCUT2D eigenvalue weighted by Crippen LogP contribution is -2.24. The van der Waals surface area contributed by atoms with E-state index < -0.39 is 0 Å². The van der Waals surface area contributed by atoms with Crippen molar-refractivity contribution < 1.29 is 4.79 Å². The molecule has 0 aliphatic heterocycles. The number of rotatable bonds is 6. The van der Waals surface area contributed by atoms with E-state index in [1.54, 1.807) is 18.6 Å². The average Bonchev–Trinajstić information content (AvgIpc) is 2.68. The summed E-state index contributed by atoms with van der Waals surface area (Å²) >= 11 is 0. The molecule has 6 nitrogen and oxygen atoms in total. The van der Waals surface area contributed by atoms with E-state index in [1.807, 2.05) is 30.3 Å². The van der Waals surface area contributed by atoms with Crippen LogP contribution >= 0.6 is 0 Å². The number of nitrogens with zero attached hydrogens (tertiary/aromatic N) is 3. The topological polar surface area (TPSA) is 79.8 Å². The molecule has 0 bridgehead atoms. The third kappa shape index (κ3) is 4.38. The molecule has 25 heavy (non-hydrogen) atoms. The molecule has 0 aliphatic rings. The van der Waals surface area contributed by atoms with E-state index in [4.69, 9.17) is 0 Å². The Morgan fingerprint density at radius 2 is 1.84 bits per heavy atom. The standard InChI is InChI=1S/C19H19N5O/c1-2-15-5-3-4-6-16(15)24-18-13-21-17(12-22-18)19(25)23-11-14-7-9-20-10-8-14/h3-10,12-13H,2,11H2,1H3,(H,22,24)(H,23,25). The molecule has 1 amide bonds. The summed E-state index contributed by atoms with van der Waals surface area (Å²) in [5.41, 5.74) is 3.45. The fourth-order valence-electron chi connectivity index (χ4n) is 2.37. The van der Waals surface area contributed by atoms with E-state index in [0.29, 0.717) is 12.4 Å². The number of carbonyl (C=O) groups is 1. The lowest BCUT2D eigenvalue weighted by Gasteiger charge is -2.10. The average molecular weight is 333 g/mol. The number of pyridine rings is 1. The number of nitrogens with one attached hydrogen (secondary N) is 2. The van der Waals surface area contributed by atoms with Gasteiger partial charge in [0.05, 0.1) is 12.4 Å². The van der Waals surface area contributed by atoms with Crippen molar-refractivity contribution in [2.45, 2.75) is 19.9 Å².